The third-order valence-corrected chi connectivity index (χ3v) is 4.56. The van der Waals surface area contributed by atoms with Gasteiger partial charge in [0.15, 0.2) is 0 Å². The van der Waals surface area contributed by atoms with Crippen LogP contribution in [0.4, 0.5) is 5.69 Å². The van der Waals surface area contributed by atoms with Crippen LogP contribution >= 0.6 is 11.6 Å². The monoisotopic (exact) mass is 448 g/mol. The Morgan fingerprint density at radius 1 is 0.938 bits per heavy atom. The lowest BCUT2D eigenvalue weighted by Gasteiger charge is -2.09. The first-order valence-corrected chi connectivity index (χ1v) is 9.72. The Morgan fingerprint density at radius 2 is 1.59 bits per heavy atom. The first-order chi connectivity index (χ1) is 15.4. The molecular weight excluding hydrogens is 432 g/mol. The highest BCUT2D eigenvalue weighted by atomic mass is 35.5. The molecular formula is C23H17ClN4O4. The van der Waals surface area contributed by atoms with Gasteiger partial charge in [-0.15, -0.1) is 0 Å². The summed E-state index contributed by atoms with van der Waals surface area (Å²) in [6, 6.07) is 20.8. The molecule has 3 aromatic rings. The van der Waals surface area contributed by atoms with E-state index in [0.717, 1.165) is 0 Å². The summed E-state index contributed by atoms with van der Waals surface area (Å²) in [6.07, 6.45) is 2.77. The average Bonchev–Trinajstić information content (AvgIpc) is 2.80. The molecule has 0 aromatic heterocycles. The minimum atomic E-state index is -0.684. The van der Waals surface area contributed by atoms with Crippen molar-refractivity contribution in [2.24, 2.45) is 5.10 Å². The number of amides is 2. The second kappa shape index (κ2) is 10.6. The third kappa shape index (κ3) is 6.10. The van der Waals surface area contributed by atoms with Crippen LogP contribution in [0.2, 0.25) is 5.02 Å². The Kier molecular flexibility index (Phi) is 7.45. The molecule has 9 heteroatoms. The van der Waals surface area contributed by atoms with E-state index >= 15 is 0 Å². The lowest BCUT2D eigenvalue weighted by molar-refractivity contribution is -0.384. The standard InChI is InChI=1S/C23H17ClN4O4/c24-20-9-5-4-8-18(20)15-25-27-23(30)21(26-22(29)17-6-2-1-3-7-17)14-16-10-12-19(13-11-16)28(31)32/h1-15H,(H,26,29)(H,27,30). The molecule has 0 atom stereocenters. The number of carbonyl (C=O) groups excluding carboxylic acids is 2. The topological polar surface area (TPSA) is 114 Å². The zero-order chi connectivity index (χ0) is 22.9. The van der Waals surface area contributed by atoms with Crippen LogP contribution in [0.3, 0.4) is 0 Å². The van der Waals surface area contributed by atoms with E-state index in [1.54, 1.807) is 54.6 Å². The van der Waals surface area contributed by atoms with Gasteiger partial charge in [-0.1, -0.05) is 48.0 Å². The minimum Gasteiger partial charge on any atom is -0.317 e. The zero-order valence-corrected chi connectivity index (χ0v) is 17.3. The Labute approximate surface area is 188 Å². The van der Waals surface area contributed by atoms with Crippen molar-refractivity contribution in [2.45, 2.75) is 0 Å². The number of rotatable bonds is 7. The first kappa shape index (κ1) is 22.4. The Bertz CT molecular complexity index is 1190. The molecule has 0 radical (unpaired) electrons. The van der Waals surface area contributed by atoms with E-state index in [2.05, 4.69) is 15.8 Å². The lowest BCUT2D eigenvalue weighted by Crippen LogP contribution is -2.32. The highest BCUT2D eigenvalue weighted by Gasteiger charge is 2.15. The normalized spacial score (nSPS) is 11.2. The fourth-order valence-electron chi connectivity index (χ4n) is 2.60. The number of non-ortho nitro benzene ring substituents is 1. The quantitative estimate of drug-likeness (QED) is 0.244. The van der Waals surface area contributed by atoms with E-state index in [1.807, 2.05) is 0 Å². The molecule has 2 amide bonds. The number of carbonyl (C=O) groups is 2. The van der Waals surface area contributed by atoms with Gasteiger partial charge in [0, 0.05) is 28.3 Å². The molecule has 3 rings (SSSR count). The van der Waals surface area contributed by atoms with Gasteiger partial charge in [0.25, 0.3) is 17.5 Å². The van der Waals surface area contributed by atoms with E-state index < -0.39 is 16.7 Å². The summed E-state index contributed by atoms with van der Waals surface area (Å²) in [5.41, 5.74) is 3.59. The number of benzene rings is 3. The minimum absolute atomic E-state index is 0.0918. The predicted octanol–water partition coefficient (Wildman–Crippen LogP) is 4.17. The third-order valence-electron chi connectivity index (χ3n) is 4.22. The van der Waals surface area contributed by atoms with E-state index in [1.165, 1.54) is 36.6 Å². The van der Waals surface area contributed by atoms with Crippen molar-refractivity contribution in [3.05, 3.63) is 116 Å². The average molecular weight is 449 g/mol. The summed E-state index contributed by atoms with van der Waals surface area (Å²) in [7, 11) is 0. The Balaban J connectivity index is 1.83. The number of nitro benzene ring substituents is 1. The van der Waals surface area contributed by atoms with Crippen molar-refractivity contribution < 1.29 is 14.5 Å². The summed E-state index contributed by atoms with van der Waals surface area (Å²) in [5, 5.41) is 17.8. The second-order valence-corrected chi connectivity index (χ2v) is 6.85. The number of hydrogen-bond donors (Lipinski definition) is 2. The van der Waals surface area contributed by atoms with Crippen molar-refractivity contribution >= 4 is 41.4 Å². The molecule has 32 heavy (non-hydrogen) atoms. The Hall–Kier alpha value is -4.30. The van der Waals surface area contributed by atoms with Gasteiger partial charge in [-0.25, -0.2) is 5.43 Å². The molecule has 0 aliphatic carbocycles. The molecule has 0 saturated heterocycles. The molecule has 0 aliphatic heterocycles. The van der Waals surface area contributed by atoms with Gasteiger partial charge in [-0.3, -0.25) is 19.7 Å². The summed E-state index contributed by atoms with van der Waals surface area (Å²) in [4.78, 5) is 35.6. The van der Waals surface area contributed by atoms with Crippen LogP contribution in [-0.2, 0) is 4.79 Å². The second-order valence-electron chi connectivity index (χ2n) is 6.45. The van der Waals surface area contributed by atoms with Gasteiger partial charge >= 0.3 is 0 Å². The fraction of sp³-hybridized carbons (Fsp3) is 0. The van der Waals surface area contributed by atoms with Crippen molar-refractivity contribution in [1.82, 2.24) is 10.7 Å². The van der Waals surface area contributed by atoms with Crippen LogP contribution in [-0.4, -0.2) is 23.0 Å². The number of halogens is 1. The zero-order valence-electron chi connectivity index (χ0n) is 16.6. The smallest absolute Gasteiger partial charge is 0.287 e. The number of nitrogens with one attached hydrogen (secondary N) is 2. The van der Waals surface area contributed by atoms with Gasteiger partial charge < -0.3 is 5.32 Å². The molecule has 160 valence electrons. The van der Waals surface area contributed by atoms with Crippen molar-refractivity contribution in [3.63, 3.8) is 0 Å². The summed E-state index contributed by atoms with van der Waals surface area (Å²) in [6.45, 7) is 0. The highest BCUT2D eigenvalue weighted by Crippen LogP contribution is 2.15. The molecule has 0 unspecified atom stereocenters. The van der Waals surface area contributed by atoms with E-state index in [4.69, 9.17) is 11.6 Å². The van der Waals surface area contributed by atoms with Crippen LogP contribution in [0.25, 0.3) is 6.08 Å². The SMILES string of the molecule is O=C(NN=Cc1ccccc1Cl)C(=Cc1ccc([N+](=O)[O-])cc1)NC(=O)c1ccccc1. The van der Waals surface area contributed by atoms with E-state index in [-0.39, 0.29) is 11.4 Å². The maximum atomic E-state index is 12.7. The van der Waals surface area contributed by atoms with Crippen molar-refractivity contribution in [2.75, 3.05) is 0 Å². The highest BCUT2D eigenvalue weighted by molar-refractivity contribution is 6.33. The van der Waals surface area contributed by atoms with E-state index in [0.29, 0.717) is 21.7 Å². The summed E-state index contributed by atoms with van der Waals surface area (Å²) < 4.78 is 0. The Morgan fingerprint density at radius 3 is 2.25 bits per heavy atom. The largest absolute Gasteiger partial charge is 0.317 e. The number of nitro groups is 1. The molecule has 0 fully saturated rings. The molecule has 2 N–H and O–H groups in total. The predicted molar refractivity (Wildman–Crippen MR) is 122 cm³/mol. The molecule has 0 bridgehead atoms. The molecule has 0 aliphatic rings. The molecule has 0 saturated carbocycles. The van der Waals surface area contributed by atoms with Crippen LogP contribution in [0.15, 0.2) is 89.7 Å². The fourth-order valence-corrected chi connectivity index (χ4v) is 2.79. The molecule has 3 aromatic carbocycles. The summed E-state index contributed by atoms with van der Waals surface area (Å²) in [5.74, 6) is -1.18. The van der Waals surface area contributed by atoms with Crippen molar-refractivity contribution in [1.29, 1.82) is 0 Å². The van der Waals surface area contributed by atoms with Crippen LogP contribution in [0.1, 0.15) is 21.5 Å². The van der Waals surface area contributed by atoms with Crippen LogP contribution in [0.5, 0.6) is 0 Å². The number of nitrogens with zero attached hydrogens (tertiary/aromatic N) is 2. The number of hydrazone groups is 1. The van der Waals surface area contributed by atoms with Crippen LogP contribution in [0, 0.1) is 10.1 Å². The lowest BCUT2D eigenvalue weighted by atomic mass is 10.1. The van der Waals surface area contributed by atoms with Crippen molar-refractivity contribution in [3.8, 4) is 0 Å². The van der Waals surface area contributed by atoms with E-state index in [9.17, 15) is 19.7 Å². The van der Waals surface area contributed by atoms with Gasteiger partial charge in [-0.2, -0.15) is 5.10 Å². The molecule has 0 heterocycles. The molecule has 0 spiro atoms. The number of hydrogen-bond acceptors (Lipinski definition) is 5. The maximum Gasteiger partial charge on any atom is 0.287 e. The van der Waals surface area contributed by atoms with Crippen LogP contribution < -0.4 is 10.7 Å². The van der Waals surface area contributed by atoms with Gasteiger partial charge in [-0.05, 0) is 42.0 Å². The van der Waals surface area contributed by atoms with Gasteiger partial charge in [0.05, 0.1) is 11.1 Å². The maximum absolute atomic E-state index is 12.7. The van der Waals surface area contributed by atoms with Gasteiger partial charge in [0.2, 0.25) is 0 Å². The van der Waals surface area contributed by atoms with Gasteiger partial charge in [0.1, 0.15) is 5.70 Å². The molecule has 8 nitrogen and oxygen atoms in total. The first-order valence-electron chi connectivity index (χ1n) is 9.34. The summed E-state index contributed by atoms with van der Waals surface area (Å²) >= 11 is 6.06.